The molecular weight excluding hydrogens is 126 g/mol. The molecule has 0 atom stereocenters. The van der Waals surface area contributed by atoms with Crippen LogP contribution in [0.3, 0.4) is 0 Å². The summed E-state index contributed by atoms with van der Waals surface area (Å²) in [4.78, 5) is 0. The van der Waals surface area contributed by atoms with Crippen LogP contribution >= 0.6 is 12.4 Å². The van der Waals surface area contributed by atoms with Gasteiger partial charge in [-0.05, 0) is 13.1 Å². The molecule has 8 heavy (non-hydrogen) atoms. The van der Waals surface area contributed by atoms with E-state index in [1.807, 2.05) is 0 Å². The second-order valence-corrected chi connectivity index (χ2v) is 0.957. The average Bonchev–Trinajstić information content (AvgIpc) is 1.75. The minimum absolute atomic E-state index is 0. The Kier molecular flexibility index (Phi) is 53.4. The van der Waals surface area contributed by atoms with Crippen LogP contribution in [0.15, 0.2) is 0 Å². The molecule has 0 rings (SSSR count). The molecule has 5 N–H and O–H groups in total. The van der Waals surface area contributed by atoms with E-state index in [4.69, 9.17) is 0 Å². The number of nitrogens with one attached hydrogen (secondary N) is 1. The topological polar surface area (TPSA) is 64.1 Å². The number of nitrogens with two attached hydrogens (primary N) is 2. The Morgan fingerprint density at radius 1 is 1.12 bits per heavy atom. The van der Waals surface area contributed by atoms with E-state index in [2.05, 4.69) is 30.8 Å². The van der Waals surface area contributed by atoms with Gasteiger partial charge in [-0.15, -0.1) is 12.4 Å². The number of hydrazine groups is 1. The van der Waals surface area contributed by atoms with Crippen LogP contribution in [0.4, 0.5) is 0 Å². The first-order valence-corrected chi connectivity index (χ1v) is 2.45. The van der Waals surface area contributed by atoms with Crippen molar-refractivity contribution in [1.82, 2.24) is 5.32 Å². The van der Waals surface area contributed by atoms with Gasteiger partial charge in [-0.25, -0.2) is 0 Å². The molecule has 0 aromatic carbocycles. The molecule has 0 aliphatic carbocycles. The third-order valence-electron chi connectivity index (χ3n) is 0.500. The SMILES string of the molecule is CCNCC.Cl.NN. The molecule has 0 aliphatic heterocycles. The quantitative estimate of drug-likeness (QED) is 0.371. The van der Waals surface area contributed by atoms with Crippen LogP contribution in [0.5, 0.6) is 0 Å². The standard InChI is InChI=1S/C4H11N.ClH.H4N2/c1-3-5-4-2;;1-2/h5H,3-4H2,1-2H3;1H;1-2H2. The van der Waals surface area contributed by atoms with Crippen molar-refractivity contribution < 1.29 is 0 Å². The van der Waals surface area contributed by atoms with Crippen molar-refractivity contribution in [1.29, 1.82) is 0 Å². The van der Waals surface area contributed by atoms with E-state index < -0.39 is 0 Å². The van der Waals surface area contributed by atoms with E-state index in [9.17, 15) is 0 Å². The Bertz CT molecular complexity index is 18.8. The van der Waals surface area contributed by atoms with Crippen molar-refractivity contribution in [3.8, 4) is 0 Å². The molecule has 0 amide bonds. The van der Waals surface area contributed by atoms with Crippen molar-refractivity contribution >= 4 is 12.4 Å². The van der Waals surface area contributed by atoms with Gasteiger partial charge in [-0.2, -0.15) is 0 Å². The molecule has 4 heteroatoms. The first-order valence-electron chi connectivity index (χ1n) is 2.45. The van der Waals surface area contributed by atoms with Crippen LogP contribution in [-0.4, -0.2) is 13.1 Å². The lowest BCUT2D eigenvalue weighted by Crippen LogP contribution is -2.09. The molecule has 0 fully saturated rings. The summed E-state index contributed by atoms with van der Waals surface area (Å²) in [5.74, 6) is 8.00. The molecule has 0 radical (unpaired) electrons. The van der Waals surface area contributed by atoms with Gasteiger partial charge in [0.1, 0.15) is 0 Å². The second kappa shape index (κ2) is 27.2. The summed E-state index contributed by atoms with van der Waals surface area (Å²) in [6.45, 7) is 6.39. The minimum atomic E-state index is 0. The monoisotopic (exact) mass is 141 g/mol. The van der Waals surface area contributed by atoms with Crippen molar-refractivity contribution in [3.05, 3.63) is 0 Å². The summed E-state index contributed by atoms with van der Waals surface area (Å²) in [6, 6.07) is 0. The van der Waals surface area contributed by atoms with E-state index in [-0.39, 0.29) is 12.4 Å². The van der Waals surface area contributed by atoms with Gasteiger partial charge in [-0.3, -0.25) is 11.7 Å². The second-order valence-electron chi connectivity index (χ2n) is 0.957. The minimum Gasteiger partial charge on any atom is -0.317 e. The molecular formula is C4H16ClN3. The average molecular weight is 142 g/mol. The Morgan fingerprint density at radius 2 is 1.38 bits per heavy atom. The van der Waals surface area contributed by atoms with Gasteiger partial charge in [0, 0.05) is 0 Å². The van der Waals surface area contributed by atoms with Gasteiger partial charge < -0.3 is 5.32 Å². The molecule has 0 aromatic heterocycles. The fourth-order valence-electron chi connectivity index (χ4n) is 0.250. The summed E-state index contributed by atoms with van der Waals surface area (Å²) in [6.07, 6.45) is 0. The zero-order valence-electron chi connectivity index (χ0n) is 5.48. The Morgan fingerprint density at radius 3 is 1.38 bits per heavy atom. The first-order chi connectivity index (χ1) is 3.41. The van der Waals surface area contributed by atoms with Crippen molar-refractivity contribution in [2.75, 3.05) is 13.1 Å². The van der Waals surface area contributed by atoms with E-state index in [1.54, 1.807) is 0 Å². The Balaban J connectivity index is -0.0000000750. The van der Waals surface area contributed by atoms with Crippen molar-refractivity contribution in [2.45, 2.75) is 13.8 Å². The highest BCUT2D eigenvalue weighted by molar-refractivity contribution is 5.85. The molecule has 0 saturated carbocycles. The molecule has 0 heterocycles. The Labute approximate surface area is 57.2 Å². The van der Waals surface area contributed by atoms with Crippen LogP contribution in [0.25, 0.3) is 0 Å². The first kappa shape index (κ1) is 15.7. The van der Waals surface area contributed by atoms with E-state index in [1.165, 1.54) is 0 Å². The van der Waals surface area contributed by atoms with Gasteiger partial charge >= 0.3 is 0 Å². The molecule has 3 nitrogen and oxygen atoms in total. The van der Waals surface area contributed by atoms with Gasteiger partial charge in [0.05, 0.1) is 0 Å². The predicted molar refractivity (Wildman–Crippen MR) is 39.8 cm³/mol. The largest absolute Gasteiger partial charge is 0.317 e. The number of halogens is 1. The molecule has 0 saturated heterocycles. The third-order valence-corrected chi connectivity index (χ3v) is 0.500. The number of hydrogen-bond donors (Lipinski definition) is 3. The summed E-state index contributed by atoms with van der Waals surface area (Å²) in [5.41, 5.74) is 0. The summed E-state index contributed by atoms with van der Waals surface area (Å²) >= 11 is 0. The highest BCUT2D eigenvalue weighted by Crippen LogP contribution is 1.47. The maximum atomic E-state index is 4.00. The smallest absolute Gasteiger partial charge is 0.00775 e. The van der Waals surface area contributed by atoms with E-state index in [0.29, 0.717) is 0 Å². The lowest BCUT2D eigenvalue weighted by molar-refractivity contribution is 0.762. The molecule has 54 valence electrons. The Hall–Kier alpha value is 0.170. The maximum absolute atomic E-state index is 4.00. The fourth-order valence-corrected chi connectivity index (χ4v) is 0.250. The molecule has 0 unspecified atom stereocenters. The fraction of sp³-hybridized carbons (Fsp3) is 1.00. The predicted octanol–water partition coefficient (Wildman–Crippen LogP) is -0.144. The lowest BCUT2D eigenvalue weighted by atomic mass is 10.7. The van der Waals surface area contributed by atoms with Gasteiger partial charge in [0.25, 0.3) is 0 Å². The molecule has 0 bridgehead atoms. The van der Waals surface area contributed by atoms with Crippen LogP contribution in [0.1, 0.15) is 13.8 Å². The number of rotatable bonds is 2. The van der Waals surface area contributed by atoms with Crippen LogP contribution in [0.2, 0.25) is 0 Å². The van der Waals surface area contributed by atoms with Gasteiger partial charge in [-0.1, -0.05) is 13.8 Å². The third kappa shape index (κ3) is 35.0. The van der Waals surface area contributed by atoms with Crippen LogP contribution in [-0.2, 0) is 0 Å². The summed E-state index contributed by atoms with van der Waals surface area (Å²) < 4.78 is 0. The summed E-state index contributed by atoms with van der Waals surface area (Å²) in [7, 11) is 0. The molecule has 0 aliphatic rings. The molecule has 0 aromatic rings. The highest BCUT2D eigenvalue weighted by Gasteiger charge is 1.62. The van der Waals surface area contributed by atoms with Crippen molar-refractivity contribution in [2.24, 2.45) is 11.7 Å². The number of hydrogen-bond acceptors (Lipinski definition) is 3. The van der Waals surface area contributed by atoms with Crippen molar-refractivity contribution in [3.63, 3.8) is 0 Å². The highest BCUT2D eigenvalue weighted by atomic mass is 35.5. The summed E-state index contributed by atoms with van der Waals surface area (Å²) in [5, 5.41) is 3.11. The van der Waals surface area contributed by atoms with Crippen LogP contribution in [0, 0.1) is 0 Å². The lowest BCUT2D eigenvalue weighted by Gasteiger charge is -1.86. The van der Waals surface area contributed by atoms with Gasteiger partial charge in [0.15, 0.2) is 0 Å². The van der Waals surface area contributed by atoms with Gasteiger partial charge in [0.2, 0.25) is 0 Å². The zero-order valence-corrected chi connectivity index (χ0v) is 6.29. The van der Waals surface area contributed by atoms with E-state index >= 15 is 0 Å². The van der Waals surface area contributed by atoms with Crippen LogP contribution < -0.4 is 17.0 Å². The van der Waals surface area contributed by atoms with E-state index in [0.717, 1.165) is 13.1 Å². The molecule has 0 spiro atoms. The normalized spacial score (nSPS) is 6.00. The zero-order chi connectivity index (χ0) is 6.12. The maximum Gasteiger partial charge on any atom is -0.00775 e.